The summed E-state index contributed by atoms with van der Waals surface area (Å²) in [4.78, 5) is 20.2. The molecular weight excluding hydrogens is 318 g/mol. The molecule has 2 aromatic rings. The summed E-state index contributed by atoms with van der Waals surface area (Å²) in [6.45, 7) is 3.94. The highest BCUT2D eigenvalue weighted by atomic mass is 32.1. The van der Waals surface area contributed by atoms with E-state index in [0.717, 1.165) is 55.0 Å². The summed E-state index contributed by atoms with van der Waals surface area (Å²) in [5.41, 5.74) is 5.19. The van der Waals surface area contributed by atoms with Crippen LogP contribution in [0.5, 0.6) is 0 Å². The van der Waals surface area contributed by atoms with Crippen molar-refractivity contribution in [2.24, 2.45) is 0 Å². The van der Waals surface area contributed by atoms with Crippen molar-refractivity contribution in [3.63, 3.8) is 0 Å². The third-order valence-electron chi connectivity index (χ3n) is 4.97. The summed E-state index contributed by atoms with van der Waals surface area (Å²) in [6, 6.07) is 10.3. The Labute approximate surface area is 146 Å². The van der Waals surface area contributed by atoms with Crippen molar-refractivity contribution in [3.8, 4) is 0 Å². The van der Waals surface area contributed by atoms with Crippen LogP contribution in [-0.2, 0) is 4.79 Å². The first-order chi connectivity index (χ1) is 11.7. The maximum Gasteiger partial charge on any atom is 0.152 e. The lowest BCUT2D eigenvalue weighted by atomic mass is 10.0. The number of hydrogen-bond donors (Lipinski definition) is 0. The minimum absolute atomic E-state index is 0.809. The standard InChI is InChI=1S/C19H21N3OS/c1-20-8-10-22(11-9-20)18-15(13-23)14-5-3-4-6-16(14)21(2)17-7-12-24-19(17)18/h3-7,12-13H,8-11H2,1-2H3. The average Bonchev–Trinajstić information content (AvgIpc) is 3.06. The lowest BCUT2D eigenvalue weighted by Crippen LogP contribution is -2.43. The van der Waals surface area contributed by atoms with Gasteiger partial charge in [0, 0.05) is 50.1 Å². The van der Waals surface area contributed by atoms with Crippen LogP contribution in [0.1, 0.15) is 10.4 Å². The molecular formula is C19H21N3OS. The van der Waals surface area contributed by atoms with Gasteiger partial charge in [0.15, 0.2) is 6.29 Å². The Hall–Kier alpha value is -2.11. The molecule has 0 saturated carbocycles. The topological polar surface area (TPSA) is 26.8 Å². The largest absolute Gasteiger partial charge is 0.367 e. The third kappa shape index (κ3) is 2.36. The van der Waals surface area contributed by atoms with Crippen LogP contribution in [0.2, 0.25) is 0 Å². The second kappa shape index (κ2) is 6.07. The molecule has 24 heavy (non-hydrogen) atoms. The second-order valence-corrected chi connectivity index (χ2v) is 7.30. The molecule has 2 aliphatic heterocycles. The lowest BCUT2D eigenvalue weighted by molar-refractivity contribution is -0.103. The molecule has 0 atom stereocenters. The van der Waals surface area contributed by atoms with Crippen molar-refractivity contribution in [2.45, 2.75) is 0 Å². The first-order valence-corrected chi connectivity index (χ1v) is 9.12. The van der Waals surface area contributed by atoms with Gasteiger partial charge >= 0.3 is 0 Å². The van der Waals surface area contributed by atoms with Gasteiger partial charge in [0.2, 0.25) is 0 Å². The van der Waals surface area contributed by atoms with Crippen LogP contribution in [0.3, 0.4) is 0 Å². The average molecular weight is 339 g/mol. The number of piperazine rings is 1. The predicted molar refractivity (Wildman–Crippen MR) is 101 cm³/mol. The Kier molecular flexibility index (Phi) is 3.90. The number of carbonyl (C=O) groups is 1. The Morgan fingerprint density at radius 3 is 2.50 bits per heavy atom. The number of benzene rings is 1. The van der Waals surface area contributed by atoms with Gasteiger partial charge in [-0.3, -0.25) is 4.79 Å². The number of rotatable bonds is 2. The minimum atomic E-state index is 0.809. The summed E-state index contributed by atoms with van der Waals surface area (Å²) < 4.78 is 0. The van der Waals surface area contributed by atoms with Crippen LogP contribution >= 0.6 is 11.3 Å². The van der Waals surface area contributed by atoms with E-state index in [9.17, 15) is 4.79 Å². The van der Waals surface area contributed by atoms with E-state index in [-0.39, 0.29) is 0 Å². The summed E-state index contributed by atoms with van der Waals surface area (Å²) in [5.74, 6) is 0. The molecule has 0 N–H and O–H groups in total. The molecule has 0 radical (unpaired) electrons. The molecule has 0 bridgehead atoms. The number of hydrogen-bond acceptors (Lipinski definition) is 5. The molecule has 4 rings (SSSR count). The number of fused-ring (bicyclic) bond motifs is 2. The van der Waals surface area contributed by atoms with Crippen molar-refractivity contribution in [1.29, 1.82) is 0 Å². The van der Waals surface area contributed by atoms with Crippen molar-refractivity contribution in [3.05, 3.63) is 46.2 Å². The maximum atomic E-state index is 12.1. The first kappa shape index (κ1) is 15.4. The van der Waals surface area contributed by atoms with Crippen LogP contribution in [0.15, 0.2) is 35.7 Å². The molecule has 1 saturated heterocycles. The Morgan fingerprint density at radius 1 is 1.00 bits per heavy atom. The Bertz CT molecular complexity index is 802. The van der Waals surface area contributed by atoms with E-state index in [1.165, 1.54) is 10.6 Å². The van der Waals surface area contributed by atoms with Gasteiger partial charge in [0.05, 0.1) is 16.3 Å². The fourth-order valence-electron chi connectivity index (χ4n) is 3.58. The fraction of sp³-hybridized carbons (Fsp3) is 0.316. The normalized spacial score (nSPS) is 18.2. The monoisotopic (exact) mass is 339 g/mol. The van der Waals surface area contributed by atoms with Crippen molar-refractivity contribution >= 4 is 40.3 Å². The summed E-state index contributed by atoms with van der Waals surface area (Å²) in [7, 11) is 4.23. The van der Waals surface area contributed by atoms with Crippen molar-refractivity contribution in [2.75, 3.05) is 45.2 Å². The molecule has 5 heteroatoms. The van der Waals surface area contributed by atoms with Crippen LogP contribution in [-0.4, -0.2) is 56.4 Å². The molecule has 3 heterocycles. The van der Waals surface area contributed by atoms with E-state index >= 15 is 0 Å². The van der Waals surface area contributed by atoms with Crippen LogP contribution in [0.25, 0.3) is 11.3 Å². The smallest absolute Gasteiger partial charge is 0.152 e. The molecule has 1 aromatic carbocycles. The number of para-hydroxylation sites is 1. The number of allylic oxidation sites excluding steroid dienone is 1. The zero-order valence-electron chi connectivity index (χ0n) is 14.0. The quantitative estimate of drug-likeness (QED) is 0.786. The van der Waals surface area contributed by atoms with Crippen LogP contribution in [0, 0.1) is 0 Å². The predicted octanol–water partition coefficient (Wildman–Crippen LogP) is 3.14. The van der Waals surface area contributed by atoms with Gasteiger partial charge in [-0.15, -0.1) is 11.3 Å². The number of carbonyl (C=O) groups excluding carboxylic acids is 1. The van der Waals surface area contributed by atoms with Gasteiger partial charge in [-0.1, -0.05) is 18.2 Å². The molecule has 0 spiro atoms. The maximum absolute atomic E-state index is 12.1. The van der Waals surface area contributed by atoms with Gasteiger partial charge in [0.25, 0.3) is 0 Å². The van der Waals surface area contributed by atoms with E-state index in [1.807, 2.05) is 12.1 Å². The molecule has 124 valence electrons. The number of thiophene rings is 1. The lowest BCUT2D eigenvalue weighted by Gasteiger charge is -2.36. The third-order valence-corrected chi connectivity index (χ3v) is 5.88. The van der Waals surface area contributed by atoms with Crippen molar-refractivity contribution in [1.82, 2.24) is 9.80 Å². The summed E-state index contributed by atoms with van der Waals surface area (Å²) in [6.07, 6.45) is 1.04. The highest BCUT2D eigenvalue weighted by molar-refractivity contribution is 7.11. The molecule has 2 aliphatic rings. The fourth-order valence-corrected chi connectivity index (χ4v) is 4.59. The minimum Gasteiger partial charge on any atom is -0.367 e. The molecule has 0 amide bonds. The van der Waals surface area contributed by atoms with E-state index in [1.54, 1.807) is 11.3 Å². The van der Waals surface area contributed by atoms with E-state index in [2.05, 4.69) is 52.4 Å². The van der Waals surface area contributed by atoms with Gasteiger partial charge in [0.1, 0.15) is 0 Å². The van der Waals surface area contributed by atoms with Crippen molar-refractivity contribution < 1.29 is 4.79 Å². The number of anilines is 2. The van der Waals surface area contributed by atoms with E-state index in [4.69, 9.17) is 0 Å². The molecule has 0 aliphatic carbocycles. The highest BCUT2D eigenvalue weighted by Gasteiger charge is 2.29. The van der Waals surface area contributed by atoms with Crippen LogP contribution < -0.4 is 4.90 Å². The summed E-state index contributed by atoms with van der Waals surface area (Å²) in [5, 5.41) is 2.12. The zero-order valence-corrected chi connectivity index (χ0v) is 14.8. The molecule has 4 nitrogen and oxygen atoms in total. The zero-order chi connectivity index (χ0) is 16.7. The number of aldehydes is 1. The number of likely N-dealkylation sites (N-methyl/N-ethyl adjacent to an activating group) is 1. The van der Waals surface area contributed by atoms with Gasteiger partial charge in [-0.05, 0) is 24.6 Å². The van der Waals surface area contributed by atoms with Crippen LogP contribution in [0.4, 0.5) is 11.4 Å². The van der Waals surface area contributed by atoms with Gasteiger partial charge in [-0.25, -0.2) is 0 Å². The number of nitrogens with zero attached hydrogens (tertiary/aromatic N) is 3. The first-order valence-electron chi connectivity index (χ1n) is 8.24. The second-order valence-electron chi connectivity index (χ2n) is 6.38. The highest BCUT2D eigenvalue weighted by Crippen LogP contribution is 2.45. The van der Waals surface area contributed by atoms with Gasteiger partial charge < -0.3 is 14.7 Å². The Balaban J connectivity index is 1.95. The molecule has 1 aromatic heterocycles. The Morgan fingerprint density at radius 2 is 1.75 bits per heavy atom. The molecule has 1 fully saturated rings. The van der Waals surface area contributed by atoms with Gasteiger partial charge in [-0.2, -0.15) is 0 Å². The molecule has 0 unspecified atom stereocenters. The summed E-state index contributed by atoms with van der Waals surface area (Å²) >= 11 is 1.72. The SMILES string of the molecule is CN1CCN(C2=C(C=O)c3ccccc3N(C)c3ccsc32)CC1. The van der Waals surface area contributed by atoms with E-state index < -0.39 is 0 Å². The van der Waals surface area contributed by atoms with E-state index in [0.29, 0.717) is 0 Å².